The van der Waals surface area contributed by atoms with Crippen LogP contribution < -0.4 is 26.2 Å². The van der Waals surface area contributed by atoms with Crippen LogP contribution in [0.25, 0.3) is 11.1 Å². The molecule has 8 rings (SSSR count). The van der Waals surface area contributed by atoms with Gasteiger partial charge in [0.25, 0.3) is 11.8 Å². The molecule has 0 bridgehead atoms. The molecule has 0 spiro atoms. The number of imide groups is 2. The van der Waals surface area contributed by atoms with E-state index in [1.807, 2.05) is 71.8 Å². The fraction of sp³-hybridized carbons (Fsp3) is 0.304. The molecule has 6 amide bonds. The SMILES string of the molecule is N#Cc1ccc(NC2CCC(N(C(=O)NCc3ccccc3)c3ccc(-c4cnn(CCOCCNc5cccc6c5C(=O)N(C5CCC(=O)NC5=O)C6=O)c4)cc3)CC2)nc1. The van der Waals surface area contributed by atoms with E-state index in [-0.39, 0.29) is 42.1 Å². The first kappa shape index (κ1) is 41.4. The van der Waals surface area contributed by atoms with E-state index in [1.165, 1.54) is 0 Å². The second-order valence-corrected chi connectivity index (χ2v) is 15.5. The zero-order valence-electron chi connectivity index (χ0n) is 34.0. The van der Waals surface area contributed by atoms with E-state index in [1.54, 1.807) is 41.3 Å². The quantitative estimate of drug-likeness (QED) is 0.0768. The van der Waals surface area contributed by atoms with E-state index in [0.717, 1.165) is 58.8 Å². The summed E-state index contributed by atoms with van der Waals surface area (Å²) in [5, 5.41) is 25.7. The molecule has 2 aromatic heterocycles. The normalized spacial score (nSPS) is 18.4. The molecule has 16 heteroatoms. The number of rotatable bonds is 15. The van der Waals surface area contributed by atoms with Gasteiger partial charge in [0.1, 0.15) is 17.9 Å². The van der Waals surface area contributed by atoms with Gasteiger partial charge in [-0.2, -0.15) is 10.4 Å². The fourth-order valence-corrected chi connectivity index (χ4v) is 8.22. The Hall–Kier alpha value is -7.38. The molecule has 2 aliphatic heterocycles. The van der Waals surface area contributed by atoms with Crippen LogP contribution in [0.15, 0.2) is 104 Å². The molecule has 1 saturated carbocycles. The maximum absolute atomic E-state index is 13.9. The zero-order chi connectivity index (χ0) is 43.0. The Kier molecular flexibility index (Phi) is 12.6. The molecule has 2 fully saturated rings. The predicted octanol–water partition coefficient (Wildman–Crippen LogP) is 5.49. The fourth-order valence-electron chi connectivity index (χ4n) is 8.22. The average molecular weight is 835 g/mol. The van der Waals surface area contributed by atoms with Gasteiger partial charge in [0.05, 0.1) is 42.6 Å². The van der Waals surface area contributed by atoms with Crippen LogP contribution in [0.1, 0.15) is 70.4 Å². The number of aromatic nitrogens is 3. The number of urea groups is 1. The Balaban J connectivity index is 0.837. The summed E-state index contributed by atoms with van der Waals surface area (Å²) < 4.78 is 7.67. The second-order valence-electron chi connectivity index (χ2n) is 15.5. The number of carbonyl (C=O) groups excluding carboxylic acids is 5. The van der Waals surface area contributed by atoms with Crippen molar-refractivity contribution in [2.75, 3.05) is 35.3 Å². The van der Waals surface area contributed by atoms with Crippen molar-refractivity contribution in [2.45, 2.75) is 69.7 Å². The molecule has 4 N–H and O–H groups in total. The first-order valence-electron chi connectivity index (χ1n) is 20.8. The van der Waals surface area contributed by atoms with Crippen molar-refractivity contribution < 1.29 is 28.7 Å². The van der Waals surface area contributed by atoms with Crippen LogP contribution in [-0.4, -0.2) is 87.2 Å². The number of carbonyl (C=O) groups is 5. The van der Waals surface area contributed by atoms with Crippen molar-refractivity contribution in [3.05, 3.63) is 126 Å². The van der Waals surface area contributed by atoms with Crippen molar-refractivity contribution in [2.24, 2.45) is 0 Å². The molecule has 4 heterocycles. The van der Waals surface area contributed by atoms with Crippen LogP contribution in [0, 0.1) is 11.3 Å². The van der Waals surface area contributed by atoms with Crippen molar-refractivity contribution >= 4 is 46.9 Å². The van der Waals surface area contributed by atoms with Gasteiger partial charge < -0.3 is 20.7 Å². The maximum atomic E-state index is 13.9. The van der Waals surface area contributed by atoms with Gasteiger partial charge in [-0.1, -0.05) is 48.5 Å². The lowest BCUT2D eigenvalue weighted by molar-refractivity contribution is -0.136. The second kappa shape index (κ2) is 18.9. The highest BCUT2D eigenvalue weighted by Gasteiger charge is 2.45. The highest BCUT2D eigenvalue weighted by molar-refractivity contribution is 6.25. The highest BCUT2D eigenvalue weighted by atomic mass is 16.5. The number of pyridine rings is 1. The summed E-state index contributed by atoms with van der Waals surface area (Å²) in [5.41, 5.74) is 5.10. The van der Waals surface area contributed by atoms with Gasteiger partial charge >= 0.3 is 6.03 Å². The lowest BCUT2D eigenvalue weighted by Crippen LogP contribution is -2.54. The van der Waals surface area contributed by atoms with Crippen molar-refractivity contribution in [3.8, 4) is 17.2 Å². The van der Waals surface area contributed by atoms with Crippen LogP contribution in [0.3, 0.4) is 0 Å². The lowest BCUT2D eigenvalue weighted by atomic mass is 9.89. The molecular weight excluding hydrogens is 789 g/mol. The molecule has 1 aliphatic carbocycles. The summed E-state index contributed by atoms with van der Waals surface area (Å²) >= 11 is 0. The molecule has 3 aromatic carbocycles. The summed E-state index contributed by atoms with van der Waals surface area (Å²) in [7, 11) is 0. The molecule has 1 saturated heterocycles. The van der Waals surface area contributed by atoms with Crippen molar-refractivity contribution in [1.29, 1.82) is 5.26 Å². The lowest BCUT2D eigenvalue weighted by Gasteiger charge is -2.37. The van der Waals surface area contributed by atoms with Gasteiger partial charge in [0.15, 0.2) is 0 Å². The van der Waals surface area contributed by atoms with Crippen LogP contribution in [0.4, 0.5) is 22.0 Å². The van der Waals surface area contributed by atoms with E-state index in [2.05, 4.69) is 37.4 Å². The first-order chi connectivity index (χ1) is 30.2. The van der Waals surface area contributed by atoms with Crippen molar-refractivity contribution in [3.63, 3.8) is 0 Å². The number of piperidine rings is 1. The summed E-state index contributed by atoms with van der Waals surface area (Å²) in [6, 6.07) is 27.4. The van der Waals surface area contributed by atoms with E-state index < -0.39 is 29.7 Å². The van der Waals surface area contributed by atoms with E-state index in [4.69, 9.17) is 10.00 Å². The van der Waals surface area contributed by atoms with Gasteiger partial charge in [-0.05, 0) is 79.6 Å². The monoisotopic (exact) mass is 834 g/mol. The molecule has 62 heavy (non-hydrogen) atoms. The molecule has 1 unspecified atom stereocenters. The molecule has 0 radical (unpaired) electrons. The number of fused-ring (bicyclic) bond motifs is 1. The van der Waals surface area contributed by atoms with Crippen LogP contribution >= 0.6 is 0 Å². The van der Waals surface area contributed by atoms with Gasteiger partial charge in [-0.3, -0.25) is 39.0 Å². The molecule has 3 aliphatic rings. The Bertz CT molecular complexity index is 2480. The molecular formula is C46H46N10O6. The topological polar surface area (TPSA) is 204 Å². The van der Waals surface area contributed by atoms with E-state index in [0.29, 0.717) is 44.1 Å². The highest BCUT2D eigenvalue weighted by Crippen LogP contribution is 2.33. The third kappa shape index (κ3) is 9.33. The third-order valence-corrected chi connectivity index (χ3v) is 11.4. The zero-order valence-corrected chi connectivity index (χ0v) is 34.0. The minimum atomic E-state index is -1.03. The minimum Gasteiger partial charge on any atom is -0.382 e. The first-order valence-corrected chi connectivity index (χ1v) is 20.8. The number of anilines is 3. The van der Waals surface area contributed by atoms with Gasteiger partial charge in [0, 0.05) is 60.9 Å². The van der Waals surface area contributed by atoms with Crippen LogP contribution in [0.2, 0.25) is 0 Å². The number of hydrogen-bond donors (Lipinski definition) is 4. The number of nitrogens with one attached hydrogen (secondary N) is 4. The molecule has 16 nitrogen and oxygen atoms in total. The Morgan fingerprint density at radius 2 is 1.68 bits per heavy atom. The largest absolute Gasteiger partial charge is 0.382 e. The number of amides is 6. The number of nitrogens with zero attached hydrogens (tertiary/aromatic N) is 6. The standard InChI is InChI=1S/C46H46N10O6/c47-25-31-9-19-40(49-27-31)52-34-12-16-36(17-13-34)55(46(61)50-26-30-5-2-1-3-6-30)35-14-10-32(11-15-35)33-28-51-54(29-33)22-24-62-23-21-48-38-8-4-7-37-42(38)45(60)56(44(37)59)39-18-20-41(57)53-43(39)58/h1-11,14-15,19,27-29,34,36,39,48H,12-13,16-18,20-24,26H2,(H,49,52)(H,50,61)(H,53,57,58). The average Bonchev–Trinajstić information content (AvgIpc) is 3.87. The number of ether oxygens (including phenoxy) is 1. The van der Waals surface area contributed by atoms with Crippen molar-refractivity contribution in [1.82, 2.24) is 30.3 Å². The Morgan fingerprint density at radius 3 is 2.42 bits per heavy atom. The number of benzene rings is 3. The van der Waals surface area contributed by atoms with Gasteiger partial charge in [-0.15, -0.1) is 0 Å². The van der Waals surface area contributed by atoms with Gasteiger partial charge in [-0.25, -0.2) is 9.78 Å². The van der Waals surface area contributed by atoms with E-state index >= 15 is 0 Å². The summed E-state index contributed by atoms with van der Waals surface area (Å²) in [6.45, 7) is 1.98. The van der Waals surface area contributed by atoms with Crippen LogP contribution in [0.5, 0.6) is 0 Å². The number of nitriles is 1. The Labute approximate surface area is 358 Å². The maximum Gasteiger partial charge on any atom is 0.322 e. The summed E-state index contributed by atoms with van der Waals surface area (Å²) in [6.07, 6.45) is 8.78. The number of hydrogen-bond acceptors (Lipinski definition) is 11. The van der Waals surface area contributed by atoms with Gasteiger partial charge in [0.2, 0.25) is 11.8 Å². The van der Waals surface area contributed by atoms with E-state index in [9.17, 15) is 24.0 Å². The predicted molar refractivity (Wildman–Crippen MR) is 230 cm³/mol. The summed E-state index contributed by atoms with van der Waals surface area (Å²) in [4.78, 5) is 71.7. The Morgan fingerprint density at radius 1 is 0.871 bits per heavy atom. The smallest absolute Gasteiger partial charge is 0.322 e. The molecule has 316 valence electrons. The molecule has 1 atom stereocenters. The summed E-state index contributed by atoms with van der Waals surface area (Å²) in [5.74, 6) is -1.46. The molecule has 5 aromatic rings. The minimum absolute atomic E-state index is 0.00269. The third-order valence-electron chi connectivity index (χ3n) is 11.4. The van der Waals surface area contributed by atoms with Crippen LogP contribution in [-0.2, 0) is 27.4 Å².